The summed E-state index contributed by atoms with van der Waals surface area (Å²) in [5, 5.41) is 0.682. The van der Waals surface area contributed by atoms with Gasteiger partial charge in [0, 0.05) is 24.0 Å². The molecule has 1 aromatic heterocycles. The van der Waals surface area contributed by atoms with Crippen LogP contribution in [0.5, 0.6) is 0 Å². The number of nitrogens with zero attached hydrogens (tertiary/aromatic N) is 3. The van der Waals surface area contributed by atoms with Crippen LogP contribution in [0.1, 0.15) is 30.9 Å². The van der Waals surface area contributed by atoms with Crippen LogP contribution in [0.2, 0.25) is 5.02 Å². The van der Waals surface area contributed by atoms with E-state index in [1.54, 1.807) is 6.20 Å². The van der Waals surface area contributed by atoms with Gasteiger partial charge in [0.1, 0.15) is 6.29 Å². The van der Waals surface area contributed by atoms with Crippen molar-refractivity contribution in [2.24, 2.45) is 4.99 Å². The van der Waals surface area contributed by atoms with Crippen molar-refractivity contribution in [3.05, 3.63) is 52.8 Å². The molecule has 3 rings (SSSR count). The normalized spacial score (nSPS) is 15.8. The number of carbonyl (C=O) groups excluding carboxylic acids is 1. The van der Waals surface area contributed by atoms with Gasteiger partial charge in [-0.05, 0) is 56.0 Å². The Hall–Kier alpha value is -2.20. The summed E-state index contributed by atoms with van der Waals surface area (Å²) >= 11 is 6.07. The van der Waals surface area contributed by atoms with Gasteiger partial charge in [-0.1, -0.05) is 17.7 Å². The molecule has 0 saturated heterocycles. The number of pyridine rings is 1. The second-order valence-electron chi connectivity index (χ2n) is 6.80. The largest absolute Gasteiger partial charge is 0.368 e. The number of rotatable bonds is 6. The monoisotopic (exact) mass is 355 g/mol. The first-order valence-corrected chi connectivity index (χ1v) is 8.75. The number of aryl methyl sites for hydroxylation is 1. The van der Waals surface area contributed by atoms with E-state index in [-0.39, 0.29) is 5.41 Å². The number of carbonyl (C=O) groups is 1. The van der Waals surface area contributed by atoms with Gasteiger partial charge in [-0.25, -0.2) is 0 Å². The van der Waals surface area contributed by atoms with Gasteiger partial charge in [-0.3, -0.25) is 9.98 Å². The lowest BCUT2D eigenvalue weighted by Gasteiger charge is -2.24. The van der Waals surface area contributed by atoms with E-state index in [1.807, 2.05) is 51.4 Å². The molecule has 2 aromatic rings. The molecular weight excluding hydrogens is 334 g/mol. The summed E-state index contributed by atoms with van der Waals surface area (Å²) in [5.41, 5.74) is 4.68. The highest BCUT2D eigenvalue weighted by atomic mass is 35.5. The van der Waals surface area contributed by atoms with Crippen molar-refractivity contribution in [3.8, 4) is 0 Å². The number of hydrogen-bond donors (Lipinski definition) is 0. The fourth-order valence-electron chi connectivity index (χ4n) is 3.07. The Labute approximate surface area is 153 Å². The van der Waals surface area contributed by atoms with Crippen LogP contribution in [0.15, 0.2) is 41.7 Å². The Morgan fingerprint density at radius 2 is 2.16 bits per heavy atom. The van der Waals surface area contributed by atoms with Crippen molar-refractivity contribution in [2.75, 3.05) is 18.5 Å². The highest BCUT2D eigenvalue weighted by Gasteiger charge is 2.46. The van der Waals surface area contributed by atoms with Crippen molar-refractivity contribution in [3.63, 3.8) is 0 Å². The molecule has 0 spiro atoms. The summed E-state index contributed by atoms with van der Waals surface area (Å²) in [5.74, 6) is 0. The molecule has 130 valence electrons. The minimum Gasteiger partial charge on any atom is -0.368 e. The topological polar surface area (TPSA) is 45.6 Å². The summed E-state index contributed by atoms with van der Waals surface area (Å²) in [6, 6.07) is 7.68. The van der Waals surface area contributed by atoms with Gasteiger partial charge in [-0.2, -0.15) is 0 Å². The third kappa shape index (κ3) is 3.74. The average Bonchev–Trinajstić information content (AvgIpc) is 3.39. The third-order valence-electron chi connectivity index (χ3n) is 4.71. The van der Waals surface area contributed by atoms with Crippen LogP contribution in [0.25, 0.3) is 0 Å². The van der Waals surface area contributed by atoms with Gasteiger partial charge in [0.2, 0.25) is 0 Å². The second kappa shape index (κ2) is 6.96. The maximum atomic E-state index is 11.5. The van der Waals surface area contributed by atoms with E-state index in [4.69, 9.17) is 16.6 Å². The Balaban J connectivity index is 1.83. The van der Waals surface area contributed by atoms with E-state index in [2.05, 4.69) is 9.88 Å². The molecule has 1 aliphatic rings. The zero-order valence-electron chi connectivity index (χ0n) is 14.8. The lowest BCUT2D eigenvalue weighted by molar-refractivity contribution is -0.109. The van der Waals surface area contributed by atoms with E-state index >= 15 is 0 Å². The van der Waals surface area contributed by atoms with E-state index in [1.165, 1.54) is 0 Å². The molecular formula is C20H22ClN3O. The van der Waals surface area contributed by atoms with Crippen LogP contribution in [0.4, 0.5) is 11.4 Å². The van der Waals surface area contributed by atoms with E-state index in [9.17, 15) is 4.79 Å². The number of halogens is 1. The van der Waals surface area contributed by atoms with Crippen molar-refractivity contribution in [2.45, 2.75) is 32.1 Å². The molecule has 1 aromatic carbocycles. The summed E-state index contributed by atoms with van der Waals surface area (Å²) in [7, 11) is 2.01. The second-order valence-corrected chi connectivity index (χ2v) is 7.24. The first-order chi connectivity index (χ1) is 11.9. The number of anilines is 1. The molecule has 25 heavy (non-hydrogen) atoms. The summed E-state index contributed by atoms with van der Waals surface area (Å²) in [4.78, 5) is 22.6. The number of aldehydes is 1. The molecule has 0 radical (unpaired) electrons. The SMILES string of the molecule is C/C(CN(C)c1cnccc1C1(C=O)CC1)=N\c1cc(Cl)ccc1C. The minimum atomic E-state index is -0.318. The van der Waals surface area contributed by atoms with Crippen LogP contribution in [-0.4, -0.2) is 30.6 Å². The quantitative estimate of drug-likeness (QED) is 0.566. The molecule has 1 saturated carbocycles. The zero-order chi connectivity index (χ0) is 18.0. The van der Waals surface area contributed by atoms with Gasteiger partial charge in [0.05, 0.1) is 29.5 Å². The summed E-state index contributed by atoms with van der Waals surface area (Å²) < 4.78 is 0. The molecule has 0 unspecified atom stereocenters. The molecule has 0 bridgehead atoms. The Bertz CT molecular complexity index is 827. The van der Waals surface area contributed by atoms with Crippen LogP contribution in [0, 0.1) is 6.92 Å². The molecule has 4 nitrogen and oxygen atoms in total. The highest BCUT2D eigenvalue weighted by Crippen LogP contribution is 2.49. The Morgan fingerprint density at radius 1 is 1.40 bits per heavy atom. The molecule has 1 fully saturated rings. The molecule has 0 atom stereocenters. The van der Waals surface area contributed by atoms with Crippen LogP contribution < -0.4 is 4.90 Å². The first-order valence-electron chi connectivity index (χ1n) is 8.37. The molecule has 0 amide bonds. The van der Waals surface area contributed by atoms with E-state index in [0.717, 1.165) is 47.3 Å². The number of aliphatic imine (C=N–C) groups is 1. The minimum absolute atomic E-state index is 0.318. The Kier molecular flexibility index (Phi) is 4.91. The first kappa shape index (κ1) is 17.6. The predicted octanol–water partition coefficient (Wildman–Crippen LogP) is 4.50. The Morgan fingerprint density at radius 3 is 2.84 bits per heavy atom. The maximum Gasteiger partial charge on any atom is 0.130 e. The van der Waals surface area contributed by atoms with Gasteiger partial charge in [0.25, 0.3) is 0 Å². The smallest absolute Gasteiger partial charge is 0.130 e. The van der Waals surface area contributed by atoms with Crippen molar-refractivity contribution in [1.82, 2.24) is 4.98 Å². The van der Waals surface area contributed by atoms with Crippen LogP contribution in [-0.2, 0) is 10.2 Å². The van der Waals surface area contributed by atoms with E-state index < -0.39 is 0 Å². The molecule has 0 aliphatic heterocycles. The number of benzene rings is 1. The van der Waals surface area contributed by atoms with Gasteiger partial charge in [-0.15, -0.1) is 0 Å². The lowest BCUT2D eigenvalue weighted by atomic mass is 9.97. The molecule has 1 aliphatic carbocycles. The number of hydrogen-bond acceptors (Lipinski definition) is 4. The lowest BCUT2D eigenvalue weighted by Crippen LogP contribution is -2.27. The van der Waals surface area contributed by atoms with Gasteiger partial charge < -0.3 is 9.69 Å². The molecule has 0 N–H and O–H groups in total. The van der Waals surface area contributed by atoms with Crippen molar-refractivity contribution >= 4 is 35.0 Å². The van der Waals surface area contributed by atoms with Gasteiger partial charge in [0.15, 0.2) is 0 Å². The standard InChI is InChI=1S/C20H22ClN3O/c1-14-4-5-16(21)10-18(14)23-15(2)12-24(3)19-11-22-9-6-17(19)20(13-25)7-8-20/h4-6,9-11,13H,7-8,12H2,1-3H3/b23-15+. The van der Waals surface area contributed by atoms with Gasteiger partial charge >= 0.3 is 0 Å². The molecule has 1 heterocycles. The van der Waals surface area contributed by atoms with E-state index in [0.29, 0.717) is 11.6 Å². The average molecular weight is 356 g/mol. The summed E-state index contributed by atoms with van der Waals surface area (Å²) in [6.45, 7) is 4.67. The summed E-state index contributed by atoms with van der Waals surface area (Å²) in [6.07, 6.45) is 6.49. The van der Waals surface area contributed by atoms with Crippen LogP contribution in [0.3, 0.4) is 0 Å². The van der Waals surface area contributed by atoms with Crippen molar-refractivity contribution < 1.29 is 4.79 Å². The highest BCUT2D eigenvalue weighted by molar-refractivity contribution is 6.30. The van der Waals surface area contributed by atoms with Crippen LogP contribution >= 0.6 is 11.6 Å². The third-order valence-corrected chi connectivity index (χ3v) is 4.95. The fourth-order valence-corrected chi connectivity index (χ4v) is 3.24. The predicted molar refractivity (Wildman–Crippen MR) is 103 cm³/mol. The fraction of sp³-hybridized carbons (Fsp3) is 0.350. The maximum absolute atomic E-state index is 11.5. The van der Waals surface area contributed by atoms with Crippen molar-refractivity contribution in [1.29, 1.82) is 0 Å². The molecule has 5 heteroatoms. The zero-order valence-corrected chi connectivity index (χ0v) is 15.5. The number of aromatic nitrogens is 1.